The molecule has 0 saturated heterocycles. The molecule has 0 bridgehead atoms. The van der Waals surface area contributed by atoms with Crippen molar-refractivity contribution in [2.24, 2.45) is 0 Å². The molecule has 0 N–H and O–H groups in total. The number of para-hydroxylation sites is 1. The molecule has 0 unspecified atom stereocenters. The maximum Gasteiger partial charge on any atom is 0.313 e. The lowest BCUT2D eigenvalue weighted by Gasteiger charge is -2.10. The van der Waals surface area contributed by atoms with Crippen LogP contribution in [-0.2, 0) is 0 Å². The molecule has 0 saturated carbocycles. The van der Waals surface area contributed by atoms with Gasteiger partial charge in [-0.3, -0.25) is 14.9 Å². The van der Waals surface area contributed by atoms with E-state index in [2.05, 4.69) is 0 Å². The molecule has 2 aromatic carbocycles. The number of carbonyl (C=O) groups excluding carboxylic acids is 1. The molecule has 102 valence electrons. The van der Waals surface area contributed by atoms with Gasteiger partial charge in [0.1, 0.15) is 5.75 Å². The zero-order valence-corrected chi connectivity index (χ0v) is 11.4. The fourth-order valence-electron chi connectivity index (χ4n) is 1.55. The van der Waals surface area contributed by atoms with Crippen molar-refractivity contribution < 1.29 is 14.5 Å². The number of nitrogens with zero attached hydrogens (tertiary/aromatic N) is 1. The van der Waals surface area contributed by atoms with Crippen molar-refractivity contribution >= 4 is 35.2 Å². The number of hydrogen-bond donors (Lipinski definition) is 0. The SMILES string of the molecule is O=Cc1ccc(Cl)cc1Oc1c(Cl)cccc1[N+](=O)[O-]. The van der Waals surface area contributed by atoms with Gasteiger partial charge in [-0.15, -0.1) is 0 Å². The van der Waals surface area contributed by atoms with Crippen molar-refractivity contribution in [3.05, 3.63) is 62.1 Å². The van der Waals surface area contributed by atoms with Gasteiger partial charge in [0.25, 0.3) is 0 Å². The van der Waals surface area contributed by atoms with E-state index >= 15 is 0 Å². The minimum atomic E-state index is -0.619. The first-order valence-corrected chi connectivity index (χ1v) is 6.14. The molecule has 0 fully saturated rings. The number of hydrogen-bond acceptors (Lipinski definition) is 4. The largest absolute Gasteiger partial charge is 0.448 e. The maximum absolute atomic E-state index is 11.0. The summed E-state index contributed by atoms with van der Waals surface area (Å²) < 4.78 is 5.42. The molecule has 0 atom stereocenters. The lowest BCUT2D eigenvalue weighted by Crippen LogP contribution is -1.96. The normalized spacial score (nSPS) is 10.1. The lowest BCUT2D eigenvalue weighted by atomic mass is 10.2. The number of carbonyl (C=O) groups is 1. The smallest absolute Gasteiger partial charge is 0.313 e. The highest BCUT2D eigenvalue weighted by molar-refractivity contribution is 6.32. The standard InChI is InChI=1S/C13H7Cl2NO4/c14-9-5-4-8(7-17)12(6-9)20-13-10(15)2-1-3-11(13)16(18)19/h1-7H. The van der Waals surface area contributed by atoms with E-state index in [1.54, 1.807) is 0 Å². The second-order valence-corrected chi connectivity index (χ2v) is 4.59. The Balaban J connectivity index is 2.52. The van der Waals surface area contributed by atoms with Crippen LogP contribution in [0.15, 0.2) is 36.4 Å². The Morgan fingerprint density at radius 3 is 2.60 bits per heavy atom. The molecular weight excluding hydrogens is 305 g/mol. The Kier molecular flexibility index (Phi) is 4.22. The summed E-state index contributed by atoms with van der Waals surface area (Å²) in [6.07, 6.45) is 0.564. The molecule has 0 heterocycles. The summed E-state index contributed by atoms with van der Waals surface area (Å²) in [5.41, 5.74) is -0.0852. The second kappa shape index (κ2) is 5.90. The molecule has 2 aromatic rings. The highest BCUT2D eigenvalue weighted by Crippen LogP contribution is 2.39. The molecule has 5 nitrogen and oxygen atoms in total. The third-order valence-corrected chi connectivity index (χ3v) is 2.99. The minimum Gasteiger partial charge on any atom is -0.448 e. The van der Waals surface area contributed by atoms with Crippen molar-refractivity contribution in [2.45, 2.75) is 0 Å². The first-order valence-electron chi connectivity index (χ1n) is 5.38. The molecule has 0 spiro atoms. The highest BCUT2D eigenvalue weighted by atomic mass is 35.5. The number of benzene rings is 2. The van der Waals surface area contributed by atoms with Gasteiger partial charge in [0.05, 0.1) is 15.5 Å². The van der Waals surface area contributed by atoms with Gasteiger partial charge in [-0.05, 0) is 18.2 Å². The first kappa shape index (κ1) is 14.3. The molecule has 0 amide bonds. The molecule has 0 radical (unpaired) electrons. The molecule has 0 aliphatic heterocycles. The predicted octanol–water partition coefficient (Wildman–Crippen LogP) is 4.51. The number of aldehydes is 1. The summed E-state index contributed by atoms with van der Waals surface area (Å²) in [5.74, 6) is -0.0340. The van der Waals surface area contributed by atoms with Crippen molar-refractivity contribution in [3.8, 4) is 11.5 Å². The van der Waals surface area contributed by atoms with Gasteiger partial charge >= 0.3 is 5.69 Å². The molecule has 0 aliphatic carbocycles. The van der Waals surface area contributed by atoms with E-state index in [-0.39, 0.29) is 27.8 Å². The lowest BCUT2D eigenvalue weighted by molar-refractivity contribution is -0.385. The molecule has 20 heavy (non-hydrogen) atoms. The Bertz CT molecular complexity index is 688. The Morgan fingerprint density at radius 1 is 1.20 bits per heavy atom. The number of nitro benzene ring substituents is 1. The van der Waals surface area contributed by atoms with Crippen LogP contribution >= 0.6 is 23.2 Å². The van der Waals surface area contributed by atoms with E-state index in [9.17, 15) is 14.9 Å². The zero-order chi connectivity index (χ0) is 14.7. The van der Waals surface area contributed by atoms with Crippen LogP contribution in [-0.4, -0.2) is 11.2 Å². The van der Waals surface area contributed by atoms with Crippen LogP contribution in [0.2, 0.25) is 10.0 Å². The van der Waals surface area contributed by atoms with Gasteiger partial charge in [-0.1, -0.05) is 29.3 Å². The third kappa shape index (κ3) is 2.89. The van der Waals surface area contributed by atoms with Crippen molar-refractivity contribution in [1.82, 2.24) is 0 Å². The second-order valence-electron chi connectivity index (χ2n) is 3.75. The monoisotopic (exact) mass is 311 g/mol. The van der Waals surface area contributed by atoms with E-state index in [1.807, 2.05) is 0 Å². The number of rotatable bonds is 4. The van der Waals surface area contributed by atoms with Crippen LogP contribution in [0.25, 0.3) is 0 Å². The van der Waals surface area contributed by atoms with E-state index in [0.717, 1.165) is 0 Å². The Labute approximate surface area is 123 Å². The zero-order valence-electron chi connectivity index (χ0n) is 9.88. The number of halogens is 2. The van der Waals surface area contributed by atoms with Gasteiger partial charge in [-0.25, -0.2) is 0 Å². The van der Waals surface area contributed by atoms with Crippen molar-refractivity contribution in [2.75, 3.05) is 0 Å². The Hall–Kier alpha value is -2.11. The van der Waals surface area contributed by atoms with E-state index in [1.165, 1.54) is 36.4 Å². The van der Waals surface area contributed by atoms with E-state index in [0.29, 0.717) is 11.3 Å². The molecule has 0 aromatic heterocycles. The summed E-state index contributed by atoms with van der Waals surface area (Å²) in [7, 11) is 0. The summed E-state index contributed by atoms with van der Waals surface area (Å²) >= 11 is 11.7. The van der Waals surface area contributed by atoms with Gasteiger partial charge in [0, 0.05) is 17.2 Å². The topological polar surface area (TPSA) is 69.4 Å². The molecule has 2 rings (SSSR count). The average molecular weight is 312 g/mol. The summed E-state index contributed by atoms with van der Waals surface area (Å²) in [5, 5.41) is 11.4. The molecule has 0 aliphatic rings. The van der Waals surface area contributed by atoms with Crippen molar-refractivity contribution in [1.29, 1.82) is 0 Å². The maximum atomic E-state index is 11.0. The molecular formula is C13H7Cl2NO4. The predicted molar refractivity (Wildman–Crippen MR) is 75.0 cm³/mol. The summed E-state index contributed by atoms with van der Waals surface area (Å²) in [4.78, 5) is 21.3. The van der Waals surface area contributed by atoms with Crippen LogP contribution in [0.5, 0.6) is 11.5 Å². The first-order chi connectivity index (χ1) is 9.52. The number of nitro groups is 1. The van der Waals surface area contributed by atoms with Gasteiger partial charge in [0.15, 0.2) is 6.29 Å². The van der Waals surface area contributed by atoms with E-state index in [4.69, 9.17) is 27.9 Å². The van der Waals surface area contributed by atoms with Crippen molar-refractivity contribution in [3.63, 3.8) is 0 Å². The summed E-state index contributed by atoms with van der Waals surface area (Å²) in [6, 6.07) is 8.50. The average Bonchev–Trinajstić information content (AvgIpc) is 2.41. The van der Waals surface area contributed by atoms with E-state index < -0.39 is 4.92 Å². The molecule has 7 heteroatoms. The fraction of sp³-hybridized carbons (Fsp3) is 0. The van der Waals surface area contributed by atoms with Gasteiger partial charge in [-0.2, -0.15) is 0 Å². The highest BCUT2D eigenvalue weighted by Gasteiger charge is 2.20. The van der Waals surface area contributed by atoms with Crippen LogP contribution in [0.1, 0.15) is 10.4 Å². The minimum absolute atomic E-state index is 0.0658. The van der Waals surface area contributed by atoms with Gasteiger partial charge < -0.3 is 4.74 Å². The number of ether oxygens (including phenoxy) is 1. The quantitative estimate of drug-likeness (QED) is 0.473. The van der Waals surface area contributed by atoms with Gasteiger partial charge in [0.2, 0.25) is 5.75 Å². The van der Waals surface area contributed by atoms with Crippen LogP contribution in [0, 0.1) is 10.1 Å². The fourth-order valence-corrected chi connectivity index (χ4v) is 1.92. The van der Waals surface area contributed by atoms with Crippen LogP contribution in [0.3, 0.4) is 0 Å². The van der Waals surface area contributed by atoms with Crippen LogP contribution in [0.4, 0.5) is 5.69 Å². The van der Waals surface area contributed by atoms with Crippen LogP contribution < -0.4 is 4.74 Å². The Morgan fingerprint density at radius 2 is 1.95 bits per heavy atom. The summed E-state index contributed by atoms with van der Waals surface area (Å²) in [6.45, 7) is 0. The third-order valence-electron chi connectivity index (χ3n) is 2.46.